The number of carbonyl (C=O) groups is 1. The number of nitrogens with zero attached hydrogens (tertiary/aromatic N) is 3. The summed E-state index contributed by atoms with van der Waals surface area (Å²) in [7, 11) is 1.56. The third kappa shape index (κ3) is 5.81. The molecule has 5 rings (SSSR count). The summed E-state index contributed by atoms with van der Waals surface area (Å²) in [5.41, 5.74) is 3.10. The molecule has 3 aromatic carbocycles. The summed E-state index contributed by atoms with van der Waals surface area (Å²) in [6.45, 7) is 4.51. The number of benzene rings is 3. The van der Waals surface area contributed by atoms with Gasteiger partial charge < -0.3 is 20.1 Å². The molecular weight excluding hydrogens is 529 g/mol. The van der Waals surface area contributed by atoms with Crippen molar-refractivity contribution in [2.24, 2.45) is 0 Å². The van der Waals surface area contributed by atoms with Crippen molar-refractivity contribution in [3.63, 3.8) is 0 Å². The van der Waals surface area contributed by atoms with E-state index >= 15 is 0 Å². The number of hydrogen-bond acceptors (Lipinski definition) is 7. The molecule has 0 saturated carbocycles. The quantitative estimate of drug-likeness (QED) is 0.216. The zero-order valence-electron chi connectivity index (χ0n) is 22.5. The average molecular weight is 560 g/mol. The maximum atomic E-state index is 14.2. The van der Waals surface area contributed by atoms with Crippen molar-refractivity contribution >= 4 is 29.3 Å². The molecular formula is C30H30FN5O3S. The predicted octanol–water partition coefficient (Wildman–Crippen LogP) is 6.43. The van der Waals surface area contributed by atoms with Gasteiger partial charge in [-0.25, -0.2) is 9.07 Å². The number of hydrogen-bond donors (Lipinski definition) is 2. The molecule has 206 valence electrons. The van der Waals surface area contributed by atoms with E-state index in [9.17, 15) is 9.18 Å². The fraction of sp³-hybridized carbons (Fsp3) is 0.233. The maximum absolute atomic E-state index is 14.2. The fourth-order valence-electron chi connectivity index (χ4n) is 4.46. The fourth-order valence-corrected chi connectivity index (χ4v) is 5.27. The Labute approximate surface area is 236 Å². The first kappa shape index (κ1) is 27.3. The number of para-hydroxylation sites is 2. The van der Waals surface area contributed by atoms with Crippen LogP contribution in [-0.2, 0) is 10.5 Å². The minimum atomic E-state index is -0.568. The Morgan fingerprint density at radius 2 is 1.85 bits per heavy atom. The van der Waals surface area contributed by atoms with Gasteiger partial charge in [-0.3, -0.25) is 4.79 Å². The SMILES string of the molecule is CCCOc1ccc(C2C(C(=O)Nc3ccccc3OC)=C(C)Nc3nc(SCc4ccccc4F)nn32)cc1. The highest BCUT2D eigenvalue weighted by atomic mass is 32.2. The standard InChI is InChI=1S/C30H30FN5O3S/c1-4-17-39-22-15-13-20(14-16-22)27-26(28(37)33-24-11-7-8-12-25(24)38-3)19(2)32-29-34-30(35-36(27)29)40-18-21-9-5-6-10-23(21)31/h5-16,27H,4,17-18H2,1-3H3,(H,33,37)(H,32,34,35). The second-order valence-electron chi connectivity index (χ2n) is 9.18. The largest absolute Gasteiger partial charge is 0.495 e. The molecule has 2 heterocycles. The first-order valence-electron chi connectivity index (χ1n) is 13.0. The van der Waals surface area contributed by atoms with Crippen LogP contribution in [0.25, 0.3) is 0 Å². The molecule has 8 nitrogen and oxygen atoms in total. The average Bonchev–Trinajstić information content (AvgIpc) is 3.37. The van der Waals surface area contributed by atoms with Crippen LogP contribution < -0.4 is 20.1 Å². The number of carbonyl (C=O) groups excluding carboxylic acids is 1. The molecule has 4 aromatic rings. The molecule has 0 radical (unpaired) electrons. The number of thioether (sulfide) groups is 1. The summed E-state index contributed by atoms with van der Waals surface area (Å²) in [6.07, 6.45) is 0.904. The normalized spacial score (nSPS) is 14.3. The molecule has 1 aliphatic heterocycles. The highest BCUT2D eigenvalue weighted by molar-refractivity contribution is 7.98. The molecule has 0 spiro atoms. The first-order chi connectivity index (χ1) is 19.5. The van der Waals surface area contributed by atoms with Gasteiger partial charge in [0.05, 0.1) is 25.0 Å². The van der Waals surface area contributed by atoms with E-state index in [0.29, 0.717) is 51.7 Å². The Morgan fingerprint density at radius 1 is 1.10 bits per heavy atom. The lowest BCUT2D eigenvalue weighted by atomic mass is 9.95. The molecule has 2 N–H and O–H groups in total. The summed E-state index contributed by atoms with van der Waals surface area (Å²) in [4.78, 5) is 18.5. The van der Waals surface area contributed by atoms with E-state index in [1.807, 2.05) is 43.3 Å². The van der Waals surface area contributed by atoms with Crippen LogP contribution in [0.3, 0.4) is 0 Å². The summed E-state index contributed by atoms with van der Waals surface area (Å²) < 4.78 is 27.1. The van der Waals surface area contributed by atoms with Crippen molar-refractivity contribution in [2.75, 3.05) is 24.4 Å². The molecule has 40 heavy (non-hydrogen) atoms. The number of ether oxygens (including phenoxy) is 2. The van der Waals surface area contributed by atoms with Crippen molar-refractivity contribution in [3.05, 3.63) is 101 Å². The molecule has 0 bridgehead atoms. The minimum Gasteiger partial charge on any atom is -0.495 e. The Bertz CT molecular complexity index is 1540. The number of rotatable bonds is 10. The van der Waals surface area contributed by atoms with Crippen LogP contribution in [0.2, 0.25) is 0 Å². The van der Waals surface area contributed by atoms with Gasteiger partial charge in [0, 0.05) is 11.4 Å². The van der Waals surface area contributed by atoms with Gasteiger partial charge in [-0.2, -0.15) is 4.98 Å². The van der Waals surface area contributed by atoms with E-state index in [1.54, 1.807) is 42.1 Å². The van der Waals surface area contributed by atoms with Crippen molar-refractivity contribution < 1.29 is 18.7 Å². The van der Waals surface area contributed by atoms with E-state index in [2.05, 4.69) is 22.5 Å². The summed E-state index contributed by atoms with van der Waals surface area (Å²) in [5.74, 6) is 1.61. The number of amides is 1. The topological polar surface area (TPSA) is 90.3 Å². The lowest BCUT2D eigenvalue weighted by molar-refractivity contribution is -0.113. The predicted molar refractivity (Wildman–Crippen MR) is 154 cm³/mol. The molecule has 0 fully saturated rings. The zero-order chi connectivity index (χ0) is 28.1. The van der Waals surface area contributed by atoms with Crippen LogP contribution in [0.5, 0.6) is 11.5 Å². The Hall–Kier alpha value is -4.31. The van der Waals surface area contributed by atoms with Crippen LogP contribution in [0, 0.1) is 5.82 Å². The number of fused-ring (bicyclic) bond motifs is 1. The second kappa shape index (κ2) is 12.3. The van der Waals surface area contributed by atoms with Gasteiger partial charge in [0.2, 0.25) is 11.1 Å². The molecule has 0 aliphatic carbocycles. The lowest BCUT2D eigenvalue weighted by Gasteiger charge is -2.29. The molecule has 10 heteroatoms. The van der Waals surface area contributed by atoms with E-state index in [4.69, 9.17) is 14.6 Å². The Balaban J connectivity index is 1.49. The van der Waals surface area contributed by atoms with Gasteiger partial charge in [0.15, 0.2) is 0 Å². The summed E-state index contributed by atoms with van der Waals surface area (Å²) in [5, 5.41) is 11.5. The lowest BCUT2D eigenvalue weighted by Crippen LogP contribution is -2.31. The van der Waals surface area contributed by atoms with Gasteiger partial charge >= 0.3 is 0 Å². The van der Waals surface area contributed by atoms with Gasteiger partial charge in [-0.15, -0.1) is 5.10 Å². The number of nitrogens with one attached hydrogen (secondary N) is 2. The van der Waals surface area contributed by atoms with E-state index < -0.39 is 6.04 Å². The van der Waals surface area contributed by atoms with Crippen molar-refractivity contribution in [2.45, 2.75) is 37.2 Å². The summed E-state index contributed by atoms with van der Waals surface area (Å²) >= 11 is 1.33. The number of allylic oxidation sites excluding steroid dienone is 1. The monoisotopic (exact) mass is 559 g/mol. The van der Waals surface area contributed by atoms with Gasteiger partial charge in [-0.1, -0.05) is 61.2 Å². The van der Waals surface area contributed by atoms with Crippen LogP contribution >= 0.6 is 11.8 Å². The van der Waals surface area contributed by atoms with Crippen LogP contribution in [0.15, 0.2) is 89.2 Å². The van der Waals surface area contributed by atoms with Gasteiger partial charge in [-0.05, 0) is 54.8 Å². The molecule has 0 saturated heterocycles. The van der Waals surface area contributed by atoms with E-state index in [1.165, 1.54) is 17.8 Å². The van der Waals surface area contributed by atoms with E-state index in [0.717, 1.165) is 17.7 Å². The van der Waals surface area contributed by atoms with Crippen molar-refractivity contribution in [1.82, 2.24) is 14.8 Å². The zero-order valence-corrected chi connectivity index (χ0v) is 23.3. The highest BCUT2D eigenvalue weighted by Crippen LogP contribution is 2.38. The van der Waals surface area contributed by atoms with Crippen molar-refractivity contribution in [1.29, 1.82) is 0 Å². The Kier molecular flexibility index (Phi) is 8.35. The smallest absolute Gasteiger partial charge is 0.255 e. The number of anilines is 2. The second-order valence-corrected chi connectivity index (χ2v) is 10.1. The van der Waals surface area contributed by atoms with Crippen molar-refractivity contribution in [3.8, 4) is 11.5 Å². The summed E-state index contributed by atoms with van der Waals surface area (Å²) in [6, 6.07) is 21.0. The highest BCUT2D eigenvalue weighted by Gasteiger charge is 2.34. The maximum Gasteiger partial charge on any atom is 0.255 e. The Morgan fingerprint density at radius 3 is 2.60 bits per heavy atom. The molecule has 1 unspecified atom stereocenters. The van der Waals surface area contributed by atoms with E-state index in [-0.39, 0.29) is 11.7 Å². The van der Waals surface area contributed by atoms with Crippen LogP contribution in [0.4, 0.5) is 16.0 Å². The van der Waals surface area contributed by atoms with Gasteiger partial charge in [0.1, 0.15) is 23.4 Å². The first-order valence-corrected chi connectivity index (χ1v) is 13.9. The third-order valence-electron chi connectivity index (χ3n) is 6.42. The van der Waals surface area contributed by atoms with Crippen LogP contribution in [0.1, 0.15) is 37.4 Å². The molecule has 1 amide bonds. The molecule has 1 aliphatic rings. The van der Waals surface area contributed by atoms with Crippen LogP contribution in [-0.4, -0.2) is 34.4 Å². The van der Waals surface area contributed by atoms with Gasteiger partial charge in [0.25, 0.3) is 5.91 Å². The molecule has 1 aromatic heterocycles. The third-order valence-corrected chi connectivity index (χ3v) is 7.30. The number of methoxy groups -OCH3 is 1. The number of halogens is 1. The number of aromatic nitrogens is 3. The minimum absolute atomic E-state index is 0.270. The molecule has 1 atom stereocenters.